The monoisotopic (exact) mass is 184 g/mol. The van der Waals surface area contributed by atoms with Gasteiger partial charge in [0.25, 0.3) is 0 Å². The fourth-order valence-corrected chi connectivity index (χ4v) is 1.55. The van der Waals surface area contributed by atoms with Crippen LogP contribution in [0.2, 0.25) is 0 Å². The van der Waals surface area contributed by atoms with Crippen LogP contribution in [-0.4, -0.2) is 11.3 Å². The van der Waals surface area contributed by atoms with Gasteiger partial charge in [-0.25, -0.2) is 4.98 Å². The van der Waals surface area contributed by atoms with Crippen molar-refractivity contribution in [2.45, 2.75) is 0 Å². The van der Waals surface area contributed by atoms with Crippen LogP contribution in [0.3, 0.4) is 0 Å². The molecular formula is C9H4N4O. The number of pyridine rings is 1. The highest BCUT2D eigenvalue weighted by Crippen LogP contribution is 2.19. The third kappa shape index (κ3) is 0.756. The van der Waals surface area contributed by atoms with Gasteiger partial charge in [0, 0.05) is 22.6 Å². The molecule has 0 N–H and O–H groups in total. The molecule has 0 amide bonds. The zero-order valence-corrected chi connectivity index (χ0v) is 7.01. The maximum Gasteiger partial charge on any atom is 0.204 e. The van der Waals surface area contributed by atoms with Crippen molar-refractivity contribution in [1.29, 1.82) is 0 Å². The maximum absolute atomic E-state index is 10.7. The van der Waals surface area contributed by atoms with Crippen LogP contribution in [0.25, 0.3) is 11.6 Å². The molecule has 0 radical (unpaired) electrons. The largest absolute Gasteiger partial charge is 0.298 e. The van der Waals surface area contributed by atoms with Gasteiger partial charge in [-0.05, 0) is 5.22 Å². The van der Waals surface area contributed by atoms with E-state index in [-0.39, 0.29) is 0 Å². The normalized spacial score (nSPS) is 15.3. The van der Waals surface area contributed by atoms with Gasteiger partial charge in [-0.2, -0.15) is 0 Å². The van der Waals surface area contributed by atoms with Crippen molar-refractivity contribution in [3.05, 3.63) is 28.5 Å². The van der Waals surface area contributed by atoms with E-state index in [9.17, 15) is 4.79 Å². The summed E-state index contributed by atoms with van der Waals surface area (Å²) in [5.41, 5.74) is 2.66. The molecule has 0 spiro atoms. The van der Waals surface area contributed by atoms with Crippen LogP contribution in [0.1, 0.15) is 5.56 Å². The lowest BCUT2D eigenvalue weighted by Gasteiger charge is -1.93. The smallest absolute Gasteiger partial charge is 0.204 e. The third-order valence-electron chi connectivity index (χ3n) is 2.22. The van der Waals surface area contributed by atoms with Gasteiger partial charge in [0.2, 0.25) is 5.49 Å². The fourth-order valence-electron chi connectivity index (χ4n) is 1.55. The highest BCUT2D eigenvalue weighted by atomic mass is 16.1. The van der Waals surface area contributed by atoms with E-state index in [1.807, 2.05) is 6.08 Å². The third-order valence-corrected chi connectivity index (χ3v) is 2.22. The van der Waals surface area contributed by atoms with Gasteiger partial charge in [-0.3, -0.25) is 4.79 Å². The molecule has 0 atom stereocenters. The van der Waals surface area contributed by atoms with Crippen LogP contribution < -0.4 is 10.7 Å². The Balaban J connectivity index is 2.51. The molecule has 0 aromatic carbocycles. The van der Waals surface area contributed by atoms with Crippen molar-refractivity contribution in [3.8, 4) is 0 Å². The van der Waals surface area contributed by atoms with Crippen molar-refractivity contribution in [2.24, 2.45) is 15.4 Å². The topological polar surface area (TPSA) is 67.0 Å². The van der Waals surface area contributed by atoms with Gasteiger partial charge >= 0.3 is 0 Å². The van der Waals surface area contributed by atoms with Crippen LogP contribution in [0.15, 0.2) is 27.7 Å². The molecule has 66 valence electrons. The maximum atomic E-state index is 10.7. The molecule has 5 nitrogen and oxygen atoms in total. The summed E-state index contributed by atoms with van der Waals surface area (Å²) in [6.07, 6.45) is 6.00. The quantitative estimate of drug-likeness (QED) is 0.580. The Morgan fingerprint density at radius 1 is 1.29 bits per heavy atom. The van der Waals surface area contributed by atoms with Crippen LogP contribution >= 0.6 is 0 Å². The number of fused-ring (bicyclic) bond motifs is 3. The number of hydrogen-bond donors (Lipinski definition) is 0. The lowest BCUT2D eigenvalue weighted by Crippen LogP contribution is -2.16. The van der Waals surface area contributed by atoms with Crippen LogP contribution in [0, 0.1) is 0 Å². The highest BCUT2D eigenvalue weighted by Gasteiger charge is 2.14. The van der Waals surface area contributed by atoms with Gasteiger partial charge in [-0.15, -0.1) is 10.2 Å². The van der Waals surface area contributed by atoms with Gasteiger partial charge in [0.1, 0.15) is 5.69 Å². The second kappa shape index (κ2) is 2.41. The minimum atomic E-state index is 0.514. The van der Waals surface area contributed by atoms with Crippen molar-refractivity contribution < 1.29 is 4.79 Å². The molecule has 5 heteroatoms. The zero-order valence-electron chi connectivity index (χ0n) is 7.01. The average Bonchev–Trinajstić information content (AvgIpc) is 2.82. The number of hydrogen-bond acceptors (Lipinski definition) is 5. The van der Waals surface area contributed by atoms with Gasteiger partial charge in [0.15, 0.2) is 6.29 Å². The minimum Gasteiger partial charge on any atom is -0.298 e. The van der Waals surface area contributed by atoms with E-state index >= 15 is 0 Å². The molecule has 2 aliphatic rings. The van der Waals surface area contributed by atoms with Crippen LogP contribution in [-0.2, 0) is 4.79 Å². The molecule has 0 unspecified atom stereocenters. The van der Waals surface area contributed by atoms with E-state index in [0.717, 1.165) is 17.1 Å². The Kier molecular flexibility index (Phi) is 1.25. The fraction of sp³-hybridized carbons (Fsp3) is 0. The summed E-state index contributed by atoms with van der Waals surface area (Å²) in [5.74, 6) is 0. The first-order valence-electron chi connectivity index (χ1n) is 4.05. The van der Waals surface area contributed by atoms with E-state index in [1.165, 1.54) is 0 Å². The first kappa shape index (κ1) is 7.25. The zero-order chi connectivity index (χ0) is 9.54. The summed E-state index contributed by atoms with van der Waals surface area (Å²) in [5, 5.41) is 11.9. The molecule has 2 heterocycles. The minimum absolute atomic E-state index is 0.514. The molecule has 1 aromatic heterocycles. The summed E-state index contributed by atoms with van der Waals surface area (Å²) in [4.78, 5) is 14.7. The number of carbonyl (C=O) groups is 1. The lowest BCUT2D eigenvalue weighted by molar-refractivity contribution is -0.103. The van der Waals surface area contributed by atoms with E-state index < -0.39 is 0 Å². The Bertz CT molecular complexity index is 612. The first-order chi connectivity index (χ1) is 6.90. The number of aldehydes is 1. The van der Waals surface area contributed by atoms with E-state index in [4.69, 9.17) is 0 Å². The van der Waals surface area contributed by atoms with Crippen molar-refractivity contribution in [2.75, 3.05) is 0 Å². The van der Waals surface area contributed by atoms with Crippen LogP contribution in [0.4, 0.5) is 5.69 Å². The standard InChI is InChI=1S/C9H4N4O/c14-4-5-1-2-6-7(5)3-10-9-8(6)11-13-12-9/h1-4H. The second-order valence-corrected chi connectivity index (χ2v) is 2.95. The molecule has 3 rings (SSSR count). The summed E-state index contributed by atoms with van der Waals surface area (Å²) in [6.45, 7) is 0. The highest BCUT2D eigenvalue weighted by molar-refractivity contribution is 6.08. The molecule has 1 aliphatic carbocycles. The lowest BCUT2D eigenvalue weighted by atomic mass is 10.2. The number of allylic oxidation sites excluding steroid dienone is 1. The Hall–Kier alpha value is -2.17. The van der Waals surface area contributed by atoms with Crippen molar-refractivity contribution in [3.63, 3.8) is 0 Å². The van der Waals surface area contributed by atoms with Crippen molar-refractivity contribution >= 4 is 23.6 Å². The Morgan fingerprint density at radius 3 is 3.07 bits per heavy atom. The molecule has 1 aliphatic heterocycles. The molecule has 1 aromatic rings. The van der Waals surface area contributed by atoms with Gasteiger partial charge < -0.3 is 0 Å². The summed E-state index contributed by atoms with van der Waals surface area (Å²) in [6, 6.07) is 0. The van der Waals surface area contributed by atoms with E-state index in [2.05, 4.69) is 20.4 Å². The Labute approximate surface area is 78.2 Å². The average molecular weight is 184 g/mol. The predicted octanol–water partition coefficient (Wildman–Crippen LogP) is 0.0899. The number of rotatable bonds is 1. The first-order valence-corrected chi connectivity index (χ1v) is 4.05. The molecular weight excluding hydrogens is 180 g/mol. The predicted molar refractivity (Wildman–Crippen MR) is 48.0 cm³/mol. The molecule has 0 bridgehead atoms. The van der Waals surface area contributed by atoms with Gasteiger partial charge in [0.05, 0.1) is 0 Å². The molecule has 0 fully saturated rings. The van der Waals surface area contributed by atoms with E-state index in [1.54, 1.807) is 12.3 Å². The number of nitrogens with zero attached hydrogens (tertiary/aromatic N) is 4. The van der Waals surface area contributed by atoms with Crippen molar-refractivity contribution in [1.82, 2.24) is 4.98 Å². The Morgan fingerprint density at radius 2 is 2.21 bits per heavy atom. The van der Waals surface area contributed by atoms with Crippen LogP contribution in [0.5, 0.6) is 0 Å². The molecule has 14 heavy (non-hydrogen) atoms. The van der Waals surface area contributed by atoms with Gasteiger partial charge in [-0.1, -0.05) is 12.2 Å². The molecule has 0 saturated heterocycles. The number of carbonyl (C=O) groups excluding carboxylic acids is 1. The number of aromatic nitrogens is 1. The van der Waals surface area contributed by atoms with E-state index in [0.29, 0.717) is 16.7 Å². The summed E-state index contributed by atoms with van der Waals surface area (Å²) in [7, 11) is 0. The summed E-state index contributed by atoms with van der Waals surface area (Å²) < 4.78 is 0. The second-order valence-electron chi connectivity index (χ2n) is 2.95. The molecule has 0 saturated carbocycles. The SMILES string of the molecule is O=CC1=c2cnc3c(c2C=C1)N=NN=3. The summed E-state index contributed by atoms with van der Waals surface area (Å²) >= 11 is 0.